The number of benzene rings is 1. The minimum Gasteiger partial charge on any atom is -0.435 e. The second kappa shape index (κ2) is 6.66. The van der Waals surface area contributed by atoms with Crippen LogP contribution in [0.2, 0.25) is 0 Å². The second-order valence-electron chi connectivity index (χ2n) is 2.29. The van der Waals surface area contributed by atoms with Gasteiger partial charge in [0, 0.05) is 6.07 Å². The lowest BCUT2D eigenvalue weighted by Crippen LogP contribution is -2.02. The van der Waals surface area contributed by atoms with E-state index in [1.165, 1.54) is 12.1 Å². The van der Waals surface area contributed by atoms with E-state index in [4.69, 9.17) is 0 Å². The third-order valence-corrected chi connectivity index (χ3v) is 1.37. The lowest BCUT2D eigenvalue weighted by Gasteiger charge is -2.04. The molecule has 1 aromatic carbocycles. The molecular formula is C9H12F3OP. The predicted octanol–water partition coefficient (Wildman–Crippen LogP) is 3.23. The van der Waals surface area contributed by atoms with Crippen LogP contribution in [0, 0.1) is 12.7 Å². The molecule has 0 saturated carbocycles. The van der Waals surface area contributed by atoms with Crippen LogP contribution in [0.15, 0.2) is 18.2 Å². The maximum Gasteiger partial charge on any atom is 0.387 e. The smallest absolute Gasteiger partial charge is 0.387 e. The third-order valence-electron chi connectivity index (χ3n) is 1.37. The Hall–Kier alpha value is -0.760. The van der Waals surface area contributed by atoms with E-state index in [1.54, 1.807) is 6.92 Å². The lowest BCUT2D eigenvalue weighted by atomic mass is 10.2. The predicted molar refractivity (Wildman–Crippen MR) is 53.4 cm³/mol. The molecule has 0 aliphatic heterocycles. The first-order valence-electron chi connectivity index (χ1n) is 3.88. The number of rotatable bonds is 2. The summed E-state index contributed by atoms with van der Waals surface area (Å²) < 4.78 is 39.9. The van der Waals surface area contributed by atoms with Crippen molar-refractivity contribution >= 4 is 9.24 Å². The van der Waals surface area contributed by atoms with Crippen LogP contribution in [0.4, 0.5) is 13.2 Å². The normalized spacial score (nSPS) is 9.36. The highest BCUT2D eigenvalue weighted by molar-refractivity contribution is 7.15. The number of ether oxygens (including phenoxy) is 1. The van der Waals surface area contributed by atoms with Gasteiger partial charge in [0.15, 0.2) is 0 Å². The molecule has 0 N–H and O–H groups in total. The zero-order valence-electron chi connectivity index (χ0n) is 7.93. The Labute approximate surface area is 83.5 Å². The fraction of sp³-hybridized carbons (Fsp3) is 0.333. The number of hydrogen-bond acceptors (Lipinski definition) is 1. The van der Waals surface area contributed by atoms with Gasteiger partial charge in [0.25, 0.3) is 0 Å². The van der Waals surface area contributed by atoms with Crippen molar-refractivity contribution in [1.29, 1.82) is 0 Å². The Morgan fingerprint density at radius 3 is 2.29 bits per heavy atom. The molecule has 1 unspecified atom stereocenters. The highest BCUT2D eigenvalue weighted by atomic mass is 31.0. The van der Waals surface area contributed by atoms with Gasteiger partial charge in [-0.15, -0.1) is 9.24 Å². The Morgan fingerprint density at radius 1 is 1.29 bits per heavy atom. The van der Waals surface area contributed by atoms with Crippen molar-refractivity contribution in [2.45, 2.75) is 13.5 Å². The van der Waals surface area contributed by atoms with Crippen molar-refractivity contribution in [3.8, 4) is 5.75 Å². The van der Waals surface area contributed by atoms with Crippen molar-refractivity contribution in [2.75, 3.05) is 6.66 Å². The lowest BCUT2D eigenvalue weighted by molar-refractivity contribution is -0.0500. The van der Waals surface area contributed by atoms with Crippen LogP contribution in [0.1, 0.15) is 5.56 Å². The second-order valence-corrected chi connectivity index (χ2v) is 2.29. The summed E-state index contributed by atoms with van der Waals surface area (Å²) in [5.74, 6) is -0.707. The zero-order chi connectivity index (χ0) is 11.1. The first-order chi connectivity index (χ1) is 6.59. The van der Waals surface area contributed by atoms with E-state index in [2.05, 4.69) is 14.0 Å². The van der Waals surface area contributed by atoms with Crippen molar-refractivity contribution < 1.29 is 17.9 Å². The number of aryl methyl sites for hydroxylation is 1. The first-order valence-corrected chi connectivity index (χ1v) is 5.04. The van der Waals surface area contributed by atoms with Gasteiger partial charge in [0.1, 0.15) is 11.6 Å². The maximum atomic E-state index is 12.7. The first kappa shape index (κ1) is 13.2. The van der Waals surface area contributed by atoms with E-state index < -0.39 is 12.4 Å². The van der Waals surface area contributed by atoms with Gasteiger partial charge in [-0.3, -0.25) is 0 Å². The van der Waals surface area contributed by atoms with Crippen LogP contribution in [-0.4, -0.2) is 13.3 Å². The van der Waals surface area contributed by atoms with Gasteiger partial charge in [0.2, 0.25) is 0 Å². The molecule has 0 aliphatic carbocycles. The average molecular weight is 224 g/mol. The molecule has 1 nitrogen and oxygen atoms in total. The van der Waals surface area contributed by atoms with Crippen LogP contribution in [-0.2, 0) is 0 Å². The molecule has 0 amide bonds. The maximum absolute atomic E-state index is 12.7. The van der Waals surface area contributed by atoms with Crippen molar-refractivity contribution in [3.63, 3.8) is 0 Å². The Bertz CT molecular complexity index is 279. The van der Waals surface area contributed by atoms with Crippen molar-refractivity contribution in [1.82, 2.24) is 0 Å². The SMILES string of the molecule is CP.Cc1ccc(OC(F)F)cc1F. The quantitative estimate of drug-likeness (QED) is 0.701. The fourth-order valence-corrected chi connectivity index (χ4v) is 0.750. The monoisotopic (exact) mass is 224 g/mol. The Balaban J connectivity index is 0.000000791. The standard InChI is InChI=1S/C8H7F3O.CH5P/c1-5-2-3-6(4-7(5)9)12-8(10)11;1-2/h2-4,8H,1H3;2H2,1H3. The molecule has 0 saturated heterocycles. The Morgan fingerprint density at radius 2 is 1.86 bits per heavy atom. The number of alkyl halides is 2. The van der Waals surface area contributed by atoms with E-state index >= 15 is 0 Å². The highest BCUT2D eigenvalue weighted by Gasteiger charge is 2.05. The number of halogens is 3. The van der Waals surface area contributed by atoms with Crippen LogP contribution in [0.5, 0.6) is 5.75 Å². The third kappa shape index (κ3) is 4.47. The minimum atomic E-state index is -2.91. The van der Waals surface area contributed by atoms with Gasteiger partial charge < -0.3 is 4.74 Å². The molecular weight excluding hydrogens is 212 g/mol. The summed E-state index contributed by atoms with van der Waals surface area (Å²) in [4.78, 5) is 0. The van der Waals surface area contributed by atoms with E-state index in [9.17, 15) is 13.2 Å². The molecule has 80 valence electrons. The van der Waals surface area contributed by atoms with Gasteiger partial charge in [-0.25, -0.2) is 4.39 Å². The summed E-state index contributed by atoms with van der Waals surface area (Å²) >= 11 is 0. The zero-order valence-corrected chi connectivity index (χ0v) is 9.08. The van der Waals surface area contributed by atoms with Gasteiger partial charge >= 0.3 is 6.61 Å². The molecule has 0 fully saturated rings. The molecule has 0 bridgehead atoms. The van der Waals surface area contributed by atoms with Crippen LogP contribution in [0.25, 0.3) is 0 Å². The molecule has 0 aromatic heterocycles. The molecule has 14 heavy (non-hydrogen) atoms. The van der Waals surface area contributed by atoms with Gasteiger partial charge in [0.05, 0.1) is 0 Å². The summed E-state index contributed by atoms with van der Waals surface area (Å²) in [7, 11) is 2.42. The molecule has 0 heterocycles. The molecule has 1 aromatic rings. The van der Waals surface area contributed by atoms with Crippen LogP contribution >= 0.6 is 9.24 Å². The van der Waals surface area contributed by atoms with Crippen LogP contribution in [0.3, 0.4) is 0 Å². The van der Waals surface area contributed by atoms with Crippen LogP contribution < -0.4 is 4.74 Å². The summed E-state index contributed by atoms with van der Waals surface area (Å²) in [6.45, 7) is 0.550. The largest absolute Gasteiger partial charge is 0.435 e. The number of hydrogen-bond donors (Lipinski definition) is 0. The van der Waals surface area contributed by atoms with E-state index in [-0.39, 0.29) is 5.75 Å². The fourth-order valence-electron chi connectivity index (χ4n) is 0.750. The average Bonchev–Trinajstić information content (AvgIpc) is 2.14. The van der Waals surface area contributed by atoms with E-state index in [0.717, 1.165) is 6.07 Å². The molecule has 0 spiro atoms. The summed E-state index contributed by atoms with van der Waals surface area (Å²) in [5.41, 5.74) is 0.400. The molecule has 0 radical (unpaired) electrons. The van der Waals surface area contributed by atoms with Crippen molar-refractivity contribution in [2.24, 2.45) is 0 Å². The molecule has 0 aliphatic rings. The van der Waals surface area contributed by atoms with Gasteiger partial charge in [-0.2, -0.15) is 8.78 Å². The Kier molecular flexibility index (Phi) is 6.30. The molecule has 5 heteroatoms. The topological polar surface area (TPSA) is 9.23 Å². The molecule has 1 atom stereocenters. The van der Waals surface area contributed by atoms with Crippen molar-refractivity contribution in [3.05, 3.63) is 29.6 Å². The summed E-state index contributed by atoms with van der Waals surface area (Å²) in [6, 6.07) is 3.61. The summed E-state index contributed by atoms with van der Waals surface area (Å²) in [5, 5.41) is 0. The minimum absolute atomic E-state index is 0.159. The van der Waals surface area contributed by atoms with E-state index in [1.807, 2.05) is 6.66 Å². The van der Waals surface area contributed by atoms with Gasteiger partial charge in [-0.05, 0) is 18.6 Å². The molecule has 1 rings (SSSR count). The highest BCUT2D eigenvalue weighted by Crippen LogP contribution is 2.17. The van der Waals surface area contributed by atoms with Gasteiger partial charge in [-0.1, -0.05) is 12.7 Å². The summed E-state index contributed by atoms with van der Waals surface area (Å²) in [6.07, 6.45) is 0. The van der Waals surface area contributed by atoms with E-state index in [0.29, 0.717) is 5.56 Å².